The van der Waals surface area contributed by atoms with E-state index >= 15 is 0 Å². The zero-order valence-corrected chi connectivity index (χ0v) is 33.8. The van der Waals surface area contributed by atoms with Gasteiger partial charge >= 0.3 is 5.97 Å². The molecule has 0 fully saturated rings. The van der Waals surface area contributed by atoms with Crippen molar-refractivity contribution in [2.75, 3.05) is 19.5 Å². The van der Waals surface area contributed by atoms with Crippen LogP contribution in [-0.2, 0) is 35.0 Å². The number of thiazole rings is 1. The minimum Gasteiger partial charge on any atom is -0.497 e. The molecule has 0 radical (unpaired) electrons. The maximum absolute atomic E-state index is 12.6. The highest BCUT2D eigenvalue weighted by Crippen LogP contribution is 2.41. The lowest BCUT2D eigenvalue weighted by molar-refractivity contribution is -0.129. The van der Waals surface area contributed by atoms with Crippen molar-refractivity contribution in [2.24, 2.45) is 5.16 Å². The molecular weight excluding hydrogens is 786 g/mol. The molecule has 2 N–H and O–H groups in total. The highest BCUT2D eigenvalue weighted by molar-refractivity contribution is 7.14. The van der Waals surface area contributed by atoms with Gasteiger partial charge in [-0.1, -0.05) is 138 Å². The van der Waals surface area contributed by atoms with Gasteiger partial charge in [-0.05, 0) is 58.1 Å². The van der Waals surface area contributed by atoms with Crippen molar-refractivity contribution in [2.45, 2.75) is 25.4 Å². The molecule has 12 heteroatoms. The fourth-order valence-corrected chi connectivity index (χ4v) is 7.46. The molecule has 10 nitrogen and oxygen atoms in total. The third-order valence-electron chi connectivity index (χ3n) is 9.48. The first kappa shape index (κ1) is 40.4. The summed E-state index contributed by atoms with van der Waals surface area (Å²) in [5.74, 6) is 0.868. The molecule has 0 saturated carbocycles. The molecule has 7 aromatic rings. The Balaban J connectivity index is 1.13. The van der Waals surface area contributed by atoms with E-state index < -0.39 is 11.5 Å². The topological polar surface area (TPSA) is 121 Å². The number of ether oxygens (including phenoxy) is 4. The monoisotopic (exact) mass is 825 g/mol. The van der Waals surface area contributed by atoms with Crippen molar-refractivity contribution in [3.8, 4) is 23.0 Å². The lowest BCUT2D eigenvalue weighted by Crippen LogP contribution is -2.38. The average molecular weight is 826 g/mol. The second-order valence-corrected chi connectivity index (χ2v) is 14.4. The molecule has 0 aliphatic heterocycles. The van der Waals surface area contributed by atoms with Gasteiger partial charge < -0.3 is 34.2 Å². The first-order valence-corrected chi connectivity index (χ1v) is 19.8. The number of anilines is 1. The third kappa shape index (κ3) is 9.50. The Hall–Kier alpha value is -6.82. The van der Waals surface area contributed by atoms with Crippen molar-refractivity contribution in [1.29, 1.82) is 0 Å². The van der Waals surface area contributed by atoms with Crippen molar-refractivity contribution in [3.05, 3.63) is 201 Å². The van der Waals surface area contributed by atoms with Crippen LogP contribution < -0.4 is 24.3 Å². The summed E-state index contributed by atoms with van der Waals surface area (Å²) in [5, 5.41) is 20.4. The van der Waals surface area contributed by atoms with E-state index in [0.717, 1.165) is 39.3 Å². The third-order valence-corrected chi connectivity index (χ3v) is 10.6. The highest BCUT2D eigenvalue weighted by Gasteiger charge is 2.37. The highest BCUT2D eigenvalue weighted by atomic mass is 35.5. The SMILES string of the molecule is COc1ccc(COc2ccc(CO/N=C(\C(=O)O)c3csc(NC(c4ccccc4)(c4ccccc4)c4ccccc4)n3)c(Cl)c2OCc2ccc(OC)cc2)cc1. The zero-order chi connectivity index (χ0) is 41.0. The number of rotatable bonds is 18. The summed E-state index contributed by atoms with van der Waals surface area (Å²) in [7, 11) is 3.22. The summed E-state index contributed by atoms with van der Waals surface area (Å²) in [6.07, 6.45) is 0. The van der Waals surface area contributed by atoms with Crippen LogP contribution in [0, 0.1) is 0 Å². The predicted molar refractivity (Wildman–Crippen MR) is 230 cm³/mol. The number of nitrogens with zero attached hydrogens (tertiary/aromatic N) is 2. The molecule has 298 valence electrons. The van der Waals surface area contributed by atoms with Gasteiger partial charge in [0.2, 0.25) is 5.71 Å². The molecule has 0 atom stereocenters. The minimum absolute atomic E-state index is 0.130. The van der Waals surface area contributed by atoms with E-state index in [2.05, 4.69) is 46.9 Å². The largest absolute Gasteiger partial charge is 0.497 e. The Kier molecular flexibility index (Phi) is 13.1. The van der Waals surface area contributed by atoms with Gasteiger partial charge in [0, 0.05) is 10.9 Å². The number of halogens is 1. The summed E-state index contributed by atoms with van der Waals surface area (Å²) in [4.78, 5) is 23.0. The van der Waals surface area contributed by atoms with Crippen molar-refractivity contribution in [1.82, 2.24) is 4.98 Å². The normalized spacial score (nSPS) is 11.4. The van der Waals surface area contributed by atoms with Crippen LogP contribution in [-0.4, -0.2) is 36.0 Å². The summed E-state index contributed by atoms with van der Waals surface area (Å²) >= 11 is 8.22. The van der Waals surface area contributed by atoms with Crippen molar-refractivity contribution in [3.63, 3.8) is 0 Å². The molecule has 0 aliphatic carbocycles. The van der Waals surface area contributed by atoms with Gasteiger partial charge in [-0.15, -0.1) is 11.3 Å². The molecule has 6 aromatic carbocycles. The number of benzene rings is 6. The van der Waals surface area contributed by atoms with E-state index in [1.807, 2.05) is 103 Å². The first-order valence-electron chi connectivity index (χ1n) is 18.5. The number of oxime groups is 1. The lowest BCUT2D eigenvalue weighted by Gasteiger charge is -2.36. The summed E-state index contributed by atoms with van der Waals surface area (Å²) in [6.45, 7) is 0.269. The molecule has 0 spiro atoms. The molecule has 0 bridgehead atoms. The predicted octanol–water partition coefficient (Wildman–Crippen LogP) is 10.4. The number of carbonyl (C=O) groups is 1. The minimum atomic E-state index is -1.31. The smallest absolute Gasteiger partial charge is 0.360 e. The van der Waals surface area contributed by atoms with Crippen LogP contribution >= 0.6 is 22.9 Å². The van der Waals surface area contributed by atoms with Gasteiger partial charge in [0.25, 0.3) is 0 Å². The Labute approximate surface area is 351 Å². The van der Waals surface area contributed by atoms with E-state index in [-0.39, 0.29) is 36.2 Å². The maximum atomic E-state index is 12.6. The summed E-state index contributed by atoms with van der Waals surface area (Å²) < 4.78 is 23.0. The molecule has 1 heterocycles. The van der Waals surface area contributed by atoms with Gasteiger partial charge in [0.1, 0.15) is 42.6 Å². The standard InChI is InChI=1S/C47H40ClN3O7S/c1-54-38-23-18-32(19-24-38)28-56-41-27-22-34(42(48)44(41)57-29-33-20-25-39(55-2)26-21-33)30-58-51-43(45(52)53)40-31-59-46(49-40)50-47(35-12-6-3-7-13-35,36-14-8-4-9-15-36)37-16-10-5-11-17-37/h3-27,31H,28-30H2,1-2H3,(H,49,50)(H,52,53)/b51-43-. The summed E-state index contributed by atoms with van der Waals surface area (Å²) in [5.41, 5.74) is 4.13. The number of nitrogens with one attached hydrogen (secondary N) is 1. The number of aliphatic carboxylic acids is 1. The van der Waals surface area contributed by atoms with Crippen LogP contribution in [0.3, 0.4) is 0 Å². The number of carboxylic acids is 1. The molecule has 0 aliphatic rings. The quantitative estimate of drug-likeness (QED) is 0.0495. The second-order valence-electron chi connectivity index (χ2n) is 13.2. The van der Waals surface area contributed by atoms with E-state index in [1.165, 1.54) is 11.3 Å². The Morgan fingerprint density at radius 2 is 1.20 bits per heavy atom. The molecule has 1 aromatic heterocycles. The summed E-state index contributed by atoms with van der Waals surface area (Å²) in [6, 6.07) is 48.6. The van der Waals surface area contributed by atoms with Crippen LogP contribution in [0.25, 0.3) is 0 Å². The number of aromatic nitrogens is 1. The molecule has 59 heavy (non-hydrogen) atoms. The Morgan fingerprint density at radius 3 is 1.69 bits per heavy atom. The van der Waals surface area contributed by atoms with E-state index in [9.17, 15) is 9.90 Å². The zero-order valence-electron chi connectivity index (χ0n) is 32.2. The Bertz CT molecular complexity index is 2390. The van der Waals surface area contributed by atoms with Gasteiger partial charge in [-0.25, -0.2) is 9.78 Å². The van der Waals surface area contributed by atoms with Gasteiger partial charge in [-0.2, -0.15) is 0 Å². The fourth-order valence-electron chi connectivity index (χ4n) is 6.44. The van der Waals surface area contributed by atoms with Gasteiger partial charge in [0.15, 0.2) is 16.6 Å². The van der Waals surface area contributed by atoms with Crippen LogP contribution in [0.5, 0.6) is 23.0 Å². The van der Waals surface area contributed by atoms with E-state index in [4.69, 9.17) is 40.4 Å². The van der Waals surface area contributed by atoms with E-state index in [1.54, 1.807) is 31.7 Å². The second kappa shape index (κ2) is 19.1. The Morgan fingerprint density at radius 1 is 0.695 bits per heavy atom. The first-order chi connectivity index (χ1) is 28.9. The number of methoxy groups -OCH3 is 2. The molecular formula is C47H40ClN3O7S. The lowest BCUT2D eigenvalue weighted by atomic mass is 9.77. The van der Waals surface area contributed by atoms with Gasteiger partial charge in [0.05, 0.1) is 19.2 Å². The molecule has 0 amide bonds. The number of carboxylic acid groups (broad SMARTS) is 1. The molecule has 0 unspecified atom stereocenters. The van der Waals surface area contributed by atoms with Crippen molar-refractivity contribution < 1.29 is 33.7 Å². The maximum Gasteiger partial charge on any atom is 0.360 e. The fraction of sp³-hybridized carbons (Fsp3) is 0.128. The van der Waals surface area contributed by atoms with Gasteiger partial charge in [-0.3, -0.25) is 0 Å². The molecule has 7 rings (SSSR count). The van der Waals surface area contributed by atoms with E-state index in [0.29, 0.717) is 22.2 Å². The van der Waals surface area contributed by atoms with Crippen LogP contribution in [0.2, 0.25) is 5.02 Å². The van der Waals surface area contributed by atoms with Crippen LogP contribution in [0.4, 0.5) is 5.13 Å². The average Bonchev–Trinajstić information content (AvgIpc) is 3.75. The molecule has 0 saturated heterocycles. The van der Waals surface area contributed by atoms with Crippen molar-refractivity contribution >= 4 is 39.8 Å². The van der Waals surface area contributed by atoms with Crippen LogP contribution in [0.1, 0.15) is 39.1 Å². The number of hydrogen-bond acceptors (Lipinski definition) is 10. The number of hydrogen-bond donors (Lipinski definition) is 2. The van der Waals surface area contributed by atoms with Crippen LogP contribution in [0.15, 0.2) is 162 Å².